The second-order valence-electron chi connectivity index (χ2n) is 9.16. The van der Waals surface area contributed by atoms with Crippen molar-refractivity contribution in [1.82, 2.24) is 0 Å². The zero-order valence-electron chi connectivity index (χ0n) is 19.6. The first kappa shape index (κ1) is 22.6. The van der Waals surface area contributed by atoms with Gasteiger partial charge in [0.15, 0.2) is 0 Å². The molecule has 7 heteroatoms. The molecule has 4 aliphatic rings. The molecule has 0 radical (unpaired) electrons. The van der Waals surface area contributed by atoms with Gasteiger partial charge in [-0.05, 0) is 41.5 Å². The third kappa shape index (κ3) is 3.58. The van der Waals surface area contributed by atoms with Crippen molar-refractivity contribution in [2.75, 3.05) is 0 Å². The molecular weight excluding hydrogens is 502 g/mol. The Morgan fingerprint density at radius 1 is 0.730 bits per heavy atom. The zero-order valence-corrected chi connectivity index (χ0v) is 21.4. The van der Waals surface area contributed by atoms with Gasteiger partial charge >= 0.3 is 7.60 Å². The summed E-state index contributed by atoms with van der Waals surface area (Å²) in [7, 11) is -7.18. The standard InChI is InChI=1S/C30H22O5P2/c31-36(29-18-7-3-14-25(29)23-12-1-5-16-27(23)34-36)22-11-9-10-21(20-22)33-37(32)30-19-8-4-15-26(30)24-13-2-6-17-28(24)35-37/h1-20,27,29H. The maximum Gasteiger partial charge on any atom is 0.463 e. The van der Waals surface area contributed by atoms with Crippen LogP contribution >= 0.6 is 15.0 Å². The van der Waals surface area contributed by atoms with Crippen molar-refractivity contribution in [3.63, 3.8) is 0 Å². The van der Waals surface area contributed by atoms with Crippen molar-refractivity contribution in [3.8, 4) is 22.6 Å². The van der Waals surface area contributed by atoms with Crippen molar-refractivity contribution < 1.29 is 22.7 Å². The summed E-state index contributed by atoms with van der Waals surface area (Å²) >= 11 is 0. The van der Waals surface area contributed by atoms with Crippen molar-refractivity contribution in [2.24, 2.45) is 0 Å². The molecule has 37 heavy (non-hydrogen) atoms. The third-order valence-corrected chi connectivity index (χ3v) is 11.5. The van der Waals surface area contributed by atoms with Gasteiger partial charge in [-0.25, -0.2) is 4.57 Å². The Morgan fingerprint density at radius 2 is 1.49 bits per heavy atom. The largest absolute Gasteiger partial charge is 0.463 e. The van der Waals surface area contributed by atoms with Crippen LogP contribution in [0.25, 0.3) is 11.1 Å². The molecule has 182 valence electrons. The average Bonchev–Trinajstić information content (AvgIpc) is 2.93. The van der Waals surface area contributed by atoms with E-state index in [2.05, 4.69) is 0 Å². The molecule has 0 N–H and O–H groups in total. The van der Waals surface area contributed by atoms with Gasteiger partial charge in [0, 0.05) is 16.4 Å². The fourth-order valence-corrected chi connectivity index (χ4v) is 9.68. The minimum Gasteiger partial charge on any atom is -0.413 e. The van der Waals surface area contributed by atoms with E-state index in [1.54, 1.807) is 36.4 Å². The second kappa shape index (κ2) is 8.46. The molecule has 0 bridgehead atoms. The quantitative estimate of drug-likeness (QED) is 0.350. The van der Waals surface area contributed by atoms with Crippen LogP contribution in [0.2, 0.25) is 0 Å². The maximum absolute atomic E-state index is 14.6. The van der Waals surface area contributed by atoms with Gasteiger partial charge in [-0.15, -0.1) is 0 Å². The molecule has 0 aromatic heterocycles. The molecule has 5 nitrogen and oxygen atoms in total. The lowest BCUT2D eigenvalue weighted by Gasteiger charge is -2.38. The molecule has 2 aliphatic heterocycles. The van der Waals surface area contributed by atoms with Gasteiger partial charge in [0.2, 0.25) is 7.37 Å². The number of allylic oxidation sites excluding steroid dienone is 7. The first-order chi connectivity index (χ1) is 18.1. The van der Waals surface area contributed by atoms with Crippen LogP contribution in [0.4, 0.5) is 0 Å². The van der Waals surface area contributed by atoms with Gasteiger partial charge in [-0.2, -0.15) is 0 Å². The average molecular weight is 524 g/mol. The topological polar surface area (TPSA) is 61.8 Å². The van der Waals surface area contributed by atoms with Crippen molar-refractivity contribution in [3.05, 3.63) is 133 Å². The van der Waals surface area contributed by atoms with Gasteiger partial charge in [-0.1, -0.05) is 91.1 Å². The highest BCUT2D eigenvalue weighted by Gasteiger charge is 2.45. The predicted octanol–water partition coefficient (Wildman–Crippen LogP) is 6.86. The van der Waals surface area contributed by atoms with Gasteiger partial charge in [0.25, 0.3) is 0 Å². The van der Waals surface area contributed by atoms with Crippen LogP contribution in [-0.2, 0) is 13.7 Å². The number of benzene rings is 3. The number of hydrogen-bond acceptors (Lipinski definition) is 5. The van der Waals surface area contributed by atoms with Gasteiger partial charge in [-0.3, -0.25) is 4.57 Å². The highest BCUT2D eigenvalue weighted by molar-refractivity contribution is 7.68. The summed E-state index contributed by atoms with van der Waals surface area (Å²) in [5.41, 5.74) is 3.27. The fraction of sp³-hybridized carbons (Fsp3) is 0.0667. The molecule has 2 heterocycles. The molecule has 4 unspecified atom stereocenters. The Bertz CT molecular complexity index is 1690. The molecule has 0 fully saturated rings. The van der Waals surface area contributed by atoms with E-state index in [1.807, 2.05) is 85.0 Å². The lowest BCUT2D eigenvalue weighted by Crippen LogP contribution is -2.31. The summed E-state index contributed by atoms with van der Waals surface area (Å²) in [5.74, 6) is 0.808. The van der Waals surface area contributed by atoms with E-state index in [4.69, 9.17) is 13.6 Å². The molecular formula is C30H22O5P2. The fourth-order valence-electron chi connectivity index (χ4n) is 5.25. The molecule has 2 aliphatic carbocycles. The van der Waals surface area contributed by atoms with Crippen LogP contribution in [0.15, 0.2) is 133 Å². The Morgan fingerprint density at radius 3 is 2.38 bits per heavy atom. The maximum atomic E-state index is 14.6. The van der Waals surface area contributed by atoms with Gasteiger partial charge in [0.05, 0.1) is 11.0 Å². The summed E-state index contributed by atoms with van der Waals surface area (Å²) in [6.07, 6.45) is 15.2. The molecule has 0 saturated carbocycles. The summed E-state index contributed by atoms with van der Waals surface area (Å²) in [5, 5.41) is 1.00. The van der Waals surface area contributed by atoms with Crippen LogP contribution in [0.5, 0.6) is 11.5 Å². The lowest BCUT2D eigenvalue weighted by atomic mass is 9.94. The van der Waals surface area contributed by atoms with Crippen molar-refractivity contribution in [2.45, 2.75) is 11.8 Å². The van der Waals surface area contributed by atoms with Crippen molar-refractivity contribution >= 4 is 25.6 Å². The van der Waals surface area contributed by atoms with Crippen molar-refractivity contribution in [1.29, 1.82) is 0 Å². The summed E-state index contributed by atoms with van der Waals surface area (Å²) < 4.78 is 47.2. The number of para-hydroxylation sites is 1. The number of fused-ring (bicyclic) bond motifs is 5. The van der Waals surface area contributed by atoms with Gasteiger partial charge < -0.3 is 13.6 Å². The molecule has 0 saturated heterocycles. The first-order valence-corrected chi connectivity index (χ1v) is 15.3. The highest BCUT2D eigenvalue weighted by atomic mass is 31.2. The smallest absolute Gasteiger partial charge is 0.413 e. The highest BCUT2D eigenvalue weighted by Crippen LogP contribution is 2.61. The molecule has 4 atom stereocenters. The monoisotopic (exact) mass is 524 g/mol. The van der Waals surface area contributed by atoms with Crippen LogP contribution in [0, 0.1) is 0 Å². The predicted molar refractivity (Wildman–Crippen MR) is 146 cm³/mol. The van der Waals surface area contributed by atoms with E-state index in [-0.39, 0.29) is 0 Å². The van der Waals surface area contributed by atoms with E-state index in [1.165, 1.54) is 0 Å². The zero-order chi connectivity index (χ0) is 25.0. The summed E-state index contributed by atoms with van der Waals surface area (Å²) in [4.78, 5) is 0. The molecule has 3 aromatic carbocycles. The Labute approximate surface area is 215 Å². The Hall–Kier alpha value is -3.62. The van der Waals surface area contributed by atoms with E-state index in [0.717, 1.165) is 22.3 Å². The second-order valence-corrected chi connectivity index (χ2v) is 13.5. The Balaban J connectivity index is 1.29. The van der Waals surface area contributed by atoms with Crippen LogP contribution in [-0.4, -0.2) is 11.8 Å². The Kier molecular flexibility index (Phi) is 5.16. The van der Waals surface area contributed by atoms with E-state index in [0.29, 0.717) is 22.1 Å². The number of rotatable bonds is 3. The van der Waals surface area contributed by atoms with E-state index in [9.17, 15) is 9.13 Å². The normalized spacial score (nSPS) is 28.5. The summed E-state index contributed by atoms with van der Waals surface area (Å²) in [6, 6.07) is 21.8. The molecule has 3 aromatic rings. The third-order valence-electron chi connectivity index (χ3n) is 6.95. The summed E-state index contributed by atoms with van der Waals surface area (Å²) in [6.45, 7) is 0. The SMILES string of the molecule is O=P1(Oc2cccc(P3(=O)OC4C=CC=CC4=C4C=CC=CC43)c2)Oc2ccccc2-c2ccccc21. The molecule has 7 rings (SSSR count). The van der Waals surface area contributed by atoms with Crippen LogP contribution < -0.4 is 19.7 Å². The minimum absolute atomic E-state index is 0.305. The van der Waals surface area contributed by atoms with Gasteiger partial charge in [0.1, 0.15) is 17.6 Å². The van der Waals surface area contributed by atoms with E-state index < -0.39 is 26.7 Å². The van der Waals surface area contributed by atoms with Crippen LogP contribution in [0.1, 0.15) is 0 Å². The molecule has 0 amide bonds. The van der Waals surface area contributed by atoms with E-state index >= 15 is 0 Å². The van der Waals surface area contributed by atoms with Crippen LogP contribution in [0.3, 0.4) is 0 Å². The first-order valence-electron chi connectivity index (χ1n) is 12.1. The number of hydrogen-bond donors (Lipinski definition) is 0. The lowest BCUT2D eigenvalue weighted by molar-refractivity contribution is 0.281. The molecule has 0 spiro atoms. The minimum atomic E-state index is -3.78.